The van der Waals surface area contributed by atoms with E-state index in [1.807, 2.05) is 97.1 Å². The number of non-ortho nitro benzene ring substituents is 2. The molecule has 0 unspecified atom stereocenters. The summed E-state index contributed by atoms with van der Waals surface area (Å²) in [6.07, 6.45) is 0. The molecule has 15 heteroatoms. The molecule has 0 saturated carbocycles. The molecule has 6 aromatic carbocycles. The number of para-hydroxylation sites is 4. The first-order chi connectivity index (χ1) is 27.0. The zero-order valence-corrected chi connectivity index (χ0v) is 33.3. The quantitative estimate of drug-likeness (QED) is 0.0804. The molecule has 2 heterocycles. The van der Waals surface area contributed by atoms with E-state index < -0.39 is 9.85 Å². The Morgan fingerprint density at radius 3 is 0.862 bits per heavy atom. The summed E-state index contributed by atoms with van der Waals surface area (Å²) in [7, 11) is 0. The number of nitrogen functional groups attached to an aromatic ring is 2. The van der Waals surface area contributed by atoms with E-state index in [-0.39, 0.29) is 64.3 Å². The maximum absolute atomic E-state index is 13.2. The Kier molecular flexibility index (Phi) is 13.3. The van der Waals surface area contributed by atoms with Gasteiger partial charge in [0.2, 0.25) is 0 Å². The van der Waals surface area contributed by atoms with Crippen LogP contribution in [-0.2, 0) is 47.2 Å². The van der Waals surface area contributed by atoms with Gasteiger partial charge in [-0.05, 0) is 70.8 Å². The minimum atomic E-state index is -0.466. The average Bonchev–Trinajstić information content (AvgIpc) is 3.62. The fraction of sp³-hybridized carbons (Fsp3) is 0.116. The number of anilines is 2. The molecule has 0 radical (unpaired) electrons. The first-order valence-corrected chi connectivity index (χ1v) is 17.6. The third-order valence-electron chi connectivity index (χ3n) is 9.47. The first kappa shape index (κ1) is 42.1. The number of nitrogens with zero attached hydrogens (tertiary/aromatic N) is 6. The number of fused-ring (bicyclic) bond motifs is 2. The van der Waals surface area contributed by atoms with Crippen molar-refractivity contribution in [2.24, 2.45) is 0 Å². The van der Waals surface area contributed by atoms with Gasteiger partial charge in [-0.25, -0.2) is 9.59 Å². The number of nitro groups is 2. The van der Waals surface area contributed by atoms with E-state index in [1.54, 1.807) is 42.5 Å². The van der Waals surface area contributed by atoms with Gasteiger partial charge >= 0.3 is 11.4 Å². The van der Waals surface area contributed by atoms with Gasteiger partial charge in [0.05, 0.1) is 58.1 Å². The van der Waals surface area contributed by atoms with E-state index in [4.69, 9.17) is 11.5 Å². The van der Waals surface area contributed by atoms with Crippen molar-refractivity contribution < 1.29 is 30.9 Å². The SMILES string of the molecule is C.Nc1ccc(Cn2c(=O)n(Cc3ccc(N)cc3)c3ccccc32)cc1.O=c1n(Cc2ccc([N+](=O)[O-])cc2)c2ccccc2n1Cc1ccc([N+](=O)[O-])cc1.[W]. The van der Waals surface area contributed by atoms with Crippen LogP contribution in [0.4, 0.5) is 22.7 Å². The number of hydrogen-bond donors (Lipinski definition) is 2. The molecule has 4 N–H and O–H groups in total. The van der Waals surface area contributed by atoms with Crippen LogP contribution in [0.3, 0.4) is 0 Å². The number of rotatable bonds is 10. The van der Waals surface area contributed by atoms with Crippen molar-refractivity contribution in [2.75, 3.05) is 11.5 Å². The van der Waals surface area contributed by atoms with Gasteiger partial charge in [0.15, 0.2) is 0 Å². The van der Waals surface area contributed by atoms with Gasteiger partial charge < -0.3 is 11.5 Å². The molecule has 0 spiro atoms. The Labute approximate surface area is 346 Å². The minimum absolute atomic E-state index is 0. The molecule has 58 heavy (non-hydrogen) atoms. The van der Waals surface area contributed by atoms with Crippen molar-refractivity contribution in [2.45, 2.75) is 33.6 Å². The maximum Gasteiger partial charge on any atom is 0.329 e. The molecule has 0 saturated heterocycles. The molecular weight excluding hydrogens is 908 g/mol. The summed E-state index contributed by atoms with van der Waals surface area (Å²) >= 11 is 0. The van der Waals surface area contributed by atoms with Gasteiger partial charge in [-0.3, -0.25) is 38.5 Å². The van der Waals surface area contributed by atoms with Crippen molar-refractivity contribution in [1.29, 1.82) is 0 Å². The van der Waals surface area contributed by atoms with Gasteiger partial charge in [-0.2, -0.15) is 0 Å². The molecule has 0 bridgehead atoms. The van der Waals surface area contributed by atoms with Crippen molar-refractivity contribution in [3.05, 3.63) is 209 Å². The summed E-state index contributed by atoms with van der Waals surface area (Å²) in [6.45, 7) is 1.55. The number of imidazole rings is 2. The van der Waals surface area contributed by atoms with Gasteiger partial charge in [0.1, 0.15) is 0 Å². The summed E-state index contributed by atoms with van der Waals surface area (Å²) < 4.78 is 6.83. The Hall–Kier alpha value is -7.05. The number of hydrogen-bond acceptors (Lipinski definition) is 8. The van der Waals surface area contributed by atoms with Crippen LogP contribution in [0.1, 0.15) is 29.7 Å². The van der Waals surface area contributed by atoms with E-state index in [0.717, 1.165) is 44.3 Å². The van der Waals surface area contributed by atoms with Crippen LogP contribution < -0.4 is 22.8 Å². The molecule has 0 amide bonds. The van der Waals surface area contributed by atoms with Crippen LogP contribution in [0, 0.1) is 20.2 Å². The molecule has 2 aromatic heterocycles. The van der Waals surface area contributed by atoms with Crippen molar-refractivity contribution >= 4 is 44.8 Å². The van der Waals surface area contributed by atoms with Crippen LogP contribution in [0.2, 0.25) is 0 Å². The van der Waals surface area contributed by atoms with Crippen molar-refractivity contribution in [1.82, 2.24) is 18.3 Å². The Morgan fingerprint density at radius 2 is 0.638 bits per heavy atom. The molecule has 0 aliphatic carbocycles. The zero-order chi connectivity index (χ0) is 39.3. The van der Waals surface area contributed by atoms with E-state index in [0.29, 0.717) is 24.5 Å². The number of aromatic nitrogens is 4. The molecule has 0 aliphatic heterocycles. The van der Waals surface area contributed by atoms with E-state index >= 15 is 0 Å². The van der Waals surface area contributed by atoms with E-state index in [9.17, 15) is 29.8 Å². The monoisotopic (exact) mass is 948 g/mol. The molecule has 294 valence electrons. The third-order valence-corrected chi connectivity index (χ3v) is 9.47. The molecule has 14 nitrogen and oxygen atoms in total. The predicted molar refractivity (Wildman–Crippen MR) is 223 cm³/mol. The van der Waals surface area contributed by atoms with Crippen LogP contribution in [0.5, 0.6) is 0 Å². The zero-order valence-electron chi connectivity index (χ0n) is 30.4. The second kappa shape index (κ2) is 18.3. The van der Waals surface area contributed by atoms with Crippen LogP contribution in [-0.4, -0.2) is 28.1 Å². The van der Waals surface area contributed by atoms with E-state index in [1.165, 1.54) is 24.3 Å². The maximum atomic E-state index is 13.2. The molecule has 8 rings (SSSR count). The minimum Gasteiger partial charge on any atom is -0.399 e. The predicted octanol–water partition coefficient (Wildman–Crippen LogP) is 7.41. The fourth-order valence-electron chi connectivity index (χ4n) is 6.58. The summed E-state index contributed by atoms with van der Waals surface area (Å²) in [4.78, 5) is 47.0. The normalized spacial score (nSPS) is 10.6. The summed E-state index contributed by atoms with van der Waals surface area (Å²) in [5.41, 5.74) is 19.6. The molecule has 0 atom stereocenters. The van der Waals surface area contributed by atoms with Gasteiger partial charge in [-0.15, -0.1) is 0 Å². The van der Waals surface area contributed by atoms with Gasteiger partial charge in [0.25, 0.3) is 11.4 Å². The molecule has 0 aliphatic rings. The largest absolute Gasteiger partial charge is 0.399 e. The summed E-state index contributed by atoms with van der Waals surface area (Å²) in [5, 5.41) is 21.7. The average molecular weight is 949 g/mol. The second-order valence-corrected chi connectivity index (χ2v) is 13.2. The van der Waals surface area contributed by atoms with Crippen LogP contribution in [0.25, 0.3) is 22.1 Å². The second-order valence-electron chi connectivity index (χ2n) is 13.2. The molecular formula is C43H40N8O6W. The first-order valence-electron chi connectivity index (χ1n) is 17.6. The molecule has 8 aromatic rings. The van der Waals surface area contributed by atoms with Crippen molar-refractivity contribution in [3.63, 3.8) is 0 Å². The Morgan fingerprint density at radius 1 is 0.414 bits per heavy atom. The molecule has 0 fully saturated rings. The van der Waals surface area contributed by atoms with Crippen LogP contribution >= 0.6 is 0 Å². The van der Waals surface area contributed by atoms with E-state index in [2.05, 4.69) is 0 Å². The Balaban J connectivity index is 0.000000215. The third kappa shape index (κ3) is 9.14. The number of nitrogens with two attached hydrogens (primary N) is 2. The smallest absolute Gasteiger partial charge is 0.329 e. The number of nitro benzene ring substituents is 2. The van der Waals surface area contributed by atoms with Gasteiger partial charge in [-0.1, -0.05) is 80.2 Å². The van der Waals surface area contributed by atoms with Crippen molar-refractivity contribution in [3.8, 4) is 0 Å². The topological polar surface area (TPSA) is 192 Å². The fourth-order valence-corrected chi connectivity index (χ4v) is 6.58. The Bertz CT molecular complexity index is 2620. The summed E-state index contributed by atoms with van der Waals surface area (Å²) in [5.74, 6) is 0. The standard InChI is InChI=1S/C21H16N4O5.C21H20N4O.CH4.W/c26-21-22(13-15-5-9-17(10-6-15)24(27)28)19-3-1-2-4-20(19)23(21)14-16-7-11-18(12-8-16)25(29)30;22-17-9-5-15(6-10-17)13-24-19-3-1-2-4-20(19)25(21(24)26)14-16-7-11-18(23)12-8-16;;/h1-12H,13-14H2;1-12H,13-14,22-23H2;1H4;. The van der Waals surface area contributed by atoms with Crippen LogP contribution in [0.15, 0.2) is 155 Å². The van der Waals surface area contributed by atoms with Gasteiger partial charge in [0, 0.05) is 56.7 Å². The number of benzene rings is 6. The summed E-state index contributed by atoms with van der Waals surface area (Å²) in [6, 6.07) is 42.6.